The molecule has 2 aromatic heterocycles. The van der Waals surface area contributed by atoms with Crippen molar-refractivity contribution in [2.24, 2.45) is 0 Å². The number of anilines is 1. The molecular formula is C33H28ClN7O2. The predicted molar refractivity (Wildman–Crippen MR) is 165 cm³/mol. The average molecular weight is 590 g/mol. The molecule has 0 unspecified atom stereocenters. The van der Waals surface area contributed by atoms with Crippen molar-refractivity contribution in [3.63, 3.8) is 0 Å². The van der Waals surface area contributed by atoms with Gasteiger partial charge in [-0.1, -0.05) is 48.0 Å². The summed E-state index contributed by atoms with van der Waals surface area (Å²) in [6.45, 7) is 0.632. The molecule has 2 atom stereocenters. The highest BCUT2D eigenvalue weighted by molar-refractivity contribution is 6.30. The number of carbonyl (C=O) groups is 2. The van der Waals surface area contributed by atoms with E-state index in [1.165, 1.54) is 11.9 Å². The van der Waals surface area contributed by atoms with Gasteiger partial charge in [0.25, 0.3) is 0 Å². The molecule has 2 aliphatic rings. The summed E-state index contributed by atoms with van der Waals surface area (Å²) < 4.78 is 1.54. The zero-order valence-electron chi connectivity index (χ0n) is 23.2. The van der Waals surface area contributed by atoms with Gasteiger partial charge in [-0.3, -0.25) is 9.59 Å². The molecule has 2 amide bonds. The van der Waals surface area contributed by atoms with Crippen molar-refractivity contribution in [1.82, 2.24) is 30.1 Å². The van der Waals surface area contributed by atoms with Gasteiger partial charge in [-0.15, -0.1) is 5.10 Å². The average Bonchev–Trinajstić information content (AvgIpc) is 3.81. The molecule has 0 saturated carbocycles. The Bertz CT molecular complexity index is 1830. The van der Waals surface area contributed by atoms with Crippen LogP contribution in [0.5, 0.6) is 0 Å². The van der Waals surface area contributed by atoms with Crippen LogP contribution in [0.15, 0.2) is 91.3 Å². The number of hydrogen-bond donors (Lipinski definition) is 2. The number of aromatic nitrogens is 5. The number of fused-ring (bicyclic) bond motifs is 1. The maximum atomic E-state index is 14.0. The van der Waals surface area contributed by atoms with Gasteiger partial charge in [-0.2, -0.15) is 4.68 Å². The number of amides is 2. The van der Waals surface area contributed by atoms with Gasteiger partial charge >= 0.3 is 0 Å². The second-order valence-corrected chi connectivity index (χ2v) is 11.3. The van der Waals surface area contributed by atoms with E-state index in [1.807, 2.05) is 41.3 Å². The van der Waals surface area contributed by atoms with Crippen LogP contribution in [-0.2, 0) is 16.0 Å². The van der Waals surface area contributed by atoms with E-state index >= 15 is 0 Å². The number of tetrazole rings is 1. The normalized spacial score (nSPS) is 18.2. The molecule has 9 nitrogen and oxygen atoms in total. The van der Waals surface area contributed by atoms with Crippen LogP contribution in [0.3, 0.4) is 0 Å². The predicted octanol–water partition coefficient (Wildman–Crippen LogP) is 5.97. The summed E-state index contributed by atoms with van der Waals surface area (Å²) in [5, 5.41) is 14.9. The van der Waals surface area contributed by atoms with Gasteiger partial charge in [-0.05, 0) is 88.5 Å². The lowest BCUT2D eigenvalue weighted by atomic mass is 9.82. The van der Waals surface area contributed by atoms with E-state index in [9.17, 15) is 9.59 Å². The molecule has 1 fully saturated rings. The Kier molecular flexibility index (Phi) is 7.08. The first-order chi connectivity index (χ1) is 21.0. The molecule has 2 N–H and O–H groups in total. The number of piperidine rings is 1. The fourth-order valence-electron chi connectivity index (χ4n) is 6.22. The molecule has 214 valence electrons. The maximum absolute atomic E-state index is 14.0. The van der Waals surface area contributed by atoms with Crippen LogP contribution in [-0.4, -0.2) is 48.5 Å². The summed E-state index contributed by atoms with van der Waals surface area (Å²) in [5.41, 5.74) is 7.42. The summed E-state index contributed by atoms with van der Waals surface area (Å²) in [4.78, 5) is 31.4. The molecular weight excluding hydrogens is 562 g/mol. The fourth-order valence-corrected chi connectivity index (χ4v) is 6.40. The number of aromatic amines is 1. The quantitative estimate of drug-likeness (QED) is 0.237. The smallest absolute Gasteiger partial charge is 0.247 e. The molecule has 5 aromatic rings. The van der Waals surface area contributed by atoms with E-state index < -0.39 is 0 Å². The van der Waals surface area contributed by atoms with Crippen molar-refractivity contribution in [3.05, 3.63) is 119 Å². The zero-order chi connectivity index (χ0) is 29.3. The molecule has 2 aliphatic heterocycles. The van der Waals surface area contributed by atoms with E-state index in [0.29, 0.717) is 18.0 Å². The van der Waals surface area contributed by atoms with Crippen molar-refractivity contribution in [2.75, 3.05) is 11.9 Å². The molecule has 4 heterocycles. The number of nitrogens with zero attached hydrogens (tertiary/aromatic N) is 5. The molecule has 0 bridgehead atoms. The van der Waals surface area contributed by atoms with Crippen LogP contribution in [0.1, 0.15) is 47.2 Å². The van der Waals surface area contributed by atoms with Gasteiger partial charge in [0.1, 0.15) is 6.33 Å². The highest BCUT2D eigenvalue weighted by atomic mass is 35.5. The third-order valence-corrected chi connectivity index (χ3v) is 8.44. The van der Waals surface area contributed by atoms with Crippen LogP contribution in [0, 0.1) is 0 Å². The topological polar surface area (TPSA) is 109 Å². The highest BCUT2D eigenvalue weighted by Crippen LogP contribution is 2.43. The lowest BCUT2D eigenvalue weighted by Gasteiger charge is -2.41. The number of halogens is 1. The lowest BCUT2D eigenvalue weighted by molar-refractivity contribution is -0.130. The van der Waals surface area contributed by atoms with Crippen LogP contribution >= 0.6 is 11.6 Å². The fraction of sp³-hybridized carbons (Fsp3) is 0.182. The van der Waals surface area contributed by atoms with Gasteiger partial charge in [0, 0.05) is 46.2 Å². The van der Waals surface area contributed by atoms with Gasteiger partial charge in [0.05, 0.1) is 18.2 Å². The van der Waals surface area contributed by atoms with Gasteiger partial charge in [0.15, 0.2) is 0 Å². The lowest BCUT2D eigenvalue weighted by Crippen LogP contribution is -2.41. The molecule has 10 heteroatoms. The summed E-state index contributed by atoms with van der Waals surface area (Å²) in [5.74, 6) is 0.0347. The third kappa shape index (κ3) is 5.35. The van der Waals surface area contributed by atoms with Crippen molar-refractivity contribution in [2.45, 2.75) is 31.2 Å². The van der Waals surface area contributed by atoms with E-state index in [0.717, 1.165) is 52.3 Å². The molecule has 0 aliphatic carbocycles. The Morgan fingerprint density at radius 1 is 1.02 bits per heavy atom. The van der Waals surface area contributed by atoms with Crippen molar-refractivity contribution in [1.29, 1.82) is 0 Å². The Hall–Kier alpha value is -5.02. The Balaban J connectivity index is 1.23. The third-order valence-electron chi connectivity index (χ3n) is 8.20. The Morgan fingerprint density at radius 3 is 2.74 bits per heavy atom. The first-order valence-corrected chi connectivity index (χ1v) is 14.6. The Morgan fingerprint density at radius 2 is 1.91 bits per heavy atom. The summed E-state index contributed by atoms with van der Waals surface area (Å²) in [6, 6.07) is 25.7. The molecule has 0 radical (unpaired) electrons. The summed E-state index contributed by atoms with van der Waals surface area (Å²) >= 11 is 6.31. The zero-order valence-corrected chi connectivity index (χ0v) is 23.9. The number of likely N-dealkylation sites (tertiary alicyclic amines) is 1. The van der Waals surface area contributed by atoms with Crippen LogP contribution < -0.4 is 5.32 Å². The van der Waals surface area contributed by atoms with E-state index in [4.69, 9.17) is 11.6 Å². The maximum Gasteiger partial charge on any atom is 0.247 e. The molecule has 0 spiro atoms. The molecule has 43 heavy (non-hydrogen) atoms. The second-order valence-electron chi connectivity index (χ2n) is 10.9. The minimum absolute atomic E-state index is 0.0114. The first kappa shape index (κ1) is 26.9. The van der Waals surface area contributed by atoms with Crippen LogP contribution in [0.25, 0.3) is 23.0 Å². The molecule has 7 rings (SSSR count). The van der Waals surface area contributed by atoms with Crippen LogP contribution in [0.4, 0.5) is 5.69 Å². The number of hydrogen-bond acceptors (Lipinski definition) is 5. The van der Waals surface area contributed by atoms with E-state index in [-0.39, 0.29) is 23.8 Å². The Labute approximate surface area is 253 Å². The number of nitrogens with one attached hydrogen (secondary N) is 2. The minimum atomic E-state index is -0.196. The molecule has 3 aromatic carbocycles. The van der Waals surface area contributed by atoms with Crippen molar-refractivity contribution >= 4 is 35.2 Å². The van der Waals surface area contributed by atoms with E-state index in [2.05, 4.69) is 56.2 Å². The first-order valence-electron chi connectivity index (χ1n) is 14.2. The van der Waals surface area contributed by atoms with Crippen LogP contribution in [0.2, 0.25) is 5.02 Å². The van der Waals surface area contributed by atoms with E-state index in [1.54, 1.807) is 29.0 Å². The SMILES string of the molecule is O=C1Cc2cc(-c3ccc([C@@H]4[C@H](c5ccccc5)CCCN4C(=O)/C=C/c4cc(Cl)ccc4-n4cnnn4)[nH]3)ccc2N1. The number of carbonyl (C=O) groups excluding carboxylic acids is 2. The minimum Gasteiger partial charge on any atom is -0.357 e. The standard InChI is InChI=1S/C33H28ClN7O2/c34-25-10-14-30(41-20-35-38-39-41)23(18-25)9-15-32(43)40-16-4-7-26(21-5-2-1-3-6-21)33(40)29-13-12-27(36-29)22-8-11-28-24(17-22)19-31(42)37-28/h1-3,5-6,8-15,17-18,20,26,33,36H,4,7,16,19H2,(H,37,42)/b15-9+/t26-,33-/m0/s1. The van der Waals surface area contributed by atoms with Crippen molar-refractivity contribution < 1.29 is 9.59 Å². The highest BCUT2D eigenvalue weighted by Gasteiger charge is 2.36. The number of rotatable bonds is 6. The van der Waals surface area contributed by atoms with Crippen molar-refractivity contribution in [3.8, 4) is 16.9 Å². The van der Waals surface area contributed by atoms with Gasteiger partial charge in [0.2, 0.25) is 11.8 Å². The summed E-state index contributed by atoms with van der Waals surface area (Å²) in [6.07, 6.45) is 7.11. The van der Waals surface area contributed by atoms with Gasteiger partial charge in [-0.25, -0.2) is 0 Å². The monoisotopic (exact) mass is 589 g/mol. The second kappa shape index (κ2) is 11.3. The van der Waals surface area contributed by atoms with Gasteiger partial charge < -0.3 is 15.2 Å². The number of benzene rings is 3. The number of H-pyrrole nitrogens is 1. The largest absolute Gasteiger partial charge is 0.357 e. The molecule has 1 saturated heterocycles. The summed E-state index contributed by atoms with van der Waals surface area (Å²) in [7, 11) is 0.